The van der Waals surface area contributed by atoms with Gasteiger partial charge in [-0.15, -0.1) is 0 Å². The average molecular weight is 175 g/mol. The molecular formula is C6H13N3O3. The van der Waals surface area contributed by atoms with Crippen molar-refractivity contribution in [2.24, 2.45) is 5.73 Å². The zero-order valence-electron chi connectivity index (χ0n) is 7.07. The number of hydrogen-bond acceptors (Lipinski definition) is 4. The van der Waals surface area contributed by atoms with Crippen LogP contribution in [0.2, 0.25) is 0 Å². The van der Waals surface area contributed by atoms with Gasteiger partial charge < -0.3 is 10.8 Å². The molecule has 0 heterocycles. The van der Waals surface area contributed by atoms with E-state index in [0.717, 1.165) is 0 Å². The molecule has 0 bridgehead atoms. The first-order chi connectivity index (χ1) is 5.43. The van der Waals surface area contributed by atoms with E-state index in [1.54, 1.807) is 14.1 Å². The number of carboxylic acid groups (broad SMARTS) is 1. The molecule has 0 aliphatic rings. The van der Waals surface area contributed by atoms with Crippen LogP contribution in [0.5, 0.6) is 0 Å². The third kappa shape index (κ3) is 4.64. The van der Waals surface area contributed by atoms with E-state index in [1.165, 1.54) is 5.01 Å². The summed E-state index contributed by atoms with van der Waals surface area (Å²) < 4.78 is 0. The Kier molecular flexibility index (Phi) is 4.24. The van der Waals surface area contributed by atoms with Crippen molar-refractivity contribution in [3.05, 3.63) is 0 Å². The normalized spacial score (nSPS) is 12.7. The van der Waals surface area contributed by atoms with Crippen molar-refractivity contribution in [3.63, 3.8) is 0 Å². The summed E-state index contributed by atoms with van der Waals surface area (Å²) in [5.41, 5.74) is 7.49. The highest BCUT2D eigenvalue weighted by atomic mass is 16.4. The largest absolute Gasteiger partial charge is 0.480 e. The lowest BCUT2D eigenvalue weighted by molar-refractivity contribution is -0.141. The minimum atomic E-state index is -1.18. The van der Waals surface area contributed by atoms with Crippen LogP contribution < -0.4 is 11.2 Å². The van der Waals surface area contributed by atoms with Crippen molar-refractivity contribution in [2.45, 2.75) is 12.5 Å². The second kappa shape index (κ2) is 4.68. The molecule has 0 saturated heterocycles. The Morgan fingerprint density at radius 2 is 2.08 bits per heavy atom. The summed E-state index contributed by atoms with van der Waals surface area (Å²) in [6.07, 6.45) is -0.215. The Bertz CT molecular complexity index is 181. The number of rotatable bonds is 4. The number of nitrogens with zero attached hydrogens (tertiary/aromatic N) is 1. The lowest BCUT2D eigenvalue weighted by atomic mass is 10.2. The second-order valence-electron chi connectivity index (χ2n) is 2.58. The van der Waals surface area contributed by atoms with E-state index in [9.17, 15) is 9.59 Å². The maximum atomic E-state index is 10.9. The lowest BCUT2D eigenvalue weighted by Crippen LogP contribution is -2.41. The number of carboxylic acids is 1. The molecule has 12 heavy (non-hydrogen) atoms. The minimum absolute atomic E-state index is 0.215. The fourth-order valence-electron chi connectivity index (χ4n) is 0.582. The monoisotopic (exact) mass is 175 g/mol. The summed E-state index contributed by atoms with van der Waals surface area (Å²) in [5.74, 6) is -1.58. The van der Waals surface area contributed by atoms with Crippen LogP contribution in [0.3, 0.4) is 0 Å². The second-order valence-corrected chi connectivity index (χ2v) is 2.58. The standard InChI is InChI=1S/C6H13N3O3/c1-9(2)8-5(10)3-4(7)6(11)12/h4H,3,7H2,1-2H3,(H,8,10)(H,11,12)/t4-/m0/s1. The summed E-state index contributed by atoms with van der Waals surface area (Å²) in [4.78, 5) is 21.1. The van der Waals surface area contributed by atoms with E-state index in [1.807, 2.05) is 0 Å². The first-order valence-corrected chi connectivity index (χ1v) is 3.38. The summed E-state index contributed by atoms with van der Waals surface area (Å²) in [6, 6.07) is -1.13. The molecule has 0 radical (unpaired) electrons. The molecule has 0 fully saturated rings. The van der Waals surface area contributed by atoms with Crippen LogP contribution in [0, 0.1) is 0 Å². The van der Waals surface area contributed by atoms with Crippen molar-refractivity contribution in [1.29, 1.82) is 0 Å². The van der Waals surface area contributed by atoms with E-state index in [-0.39, 0.29) is 6.42 Å². The van der Waals surface area contributed by atoms with E-state index in [0.29, 0.717) is 0 Å². The van der Waals surface area contributed by atoms with Gasteiger partial charge in [0.15, 0.2) is 0 Å². The smallest absolute Gasteiger partial charge is 0.321 e. The van der Waals surface area contributed by atoms with Crippen molar-refractivity contribution in [3.8, 4) is 0 Å². The van der Waals surface area contributed by atoms with Gasteiger partial charge in [-0.3, -0.25) is 15.0 Å². The number of carbonyl (C=O) groups excluding carboxylic acids is 1. The molecule has 1 atom stereocenters. The predicted octanol–water partition coefficient (Wildman–Crippen LogP) is -1.62. The zero-order valence-corrected chi connectivity index (χ0v) is 7.07. The van der Waals surface area contributed by atoms with Crippen LogP contribution in [0.4, 0.5) is 0 Å². The van der Waals surface area contributed by atoms with Gasteiger partial charge in [-0.25, -0.2) is 5.01 Å². The topological polar surface area (TPSA) is 95.7 Å². The van der Waals surface area contributed by atoms with Gasteiger partial charge >= 0.3 is 5.97 Å². The molecule has 0 aliphatic heterocycles. The average Bonchev–Trinajstić information content (AvgIpc) is 1.84. The molecule has 0 aromatic rings. The molecule has 1 amide bonds. The molecule has 0 aliphatic carbocycles. The number of amides is 1. The summed E-state index contributed by atoms with van der Waals surface area (Å²) in [6.45, 7) is 0. The molecule has 0 aromatic carbocycles. The van der Waals surface area contributed by atoms with Gasteiger partial charge in [0.1, 0.15) is 6.04 Å². The quantitative estimate of drug-likeness (QED) is 0.446. The Balaban J connectivity index is 3.77. The molecule has 0 rings (SSSR count). The molecular weight excluding hydrogens is 162 g/mol. The first kappa shape index (κ1) is 10.9. The van der Waals surface area contributed by atoms with Crippen molar-refractivity contribution >= 4 is 11.9 Å². The Morgan fingerprint density at radius 3 is 2.42 bits per heavy atom. The van der Waals surface area contributed by atoms with E-state index >= 15 is 0 Å². The van der Waals surface area contributed by atoms with E-state index in [2.05, 4.69) is 5.43 Å². The SMILES string of the molecule is CN(C)NC(=O)C[C@H](N)C(=O)O. The van der Waals surface area contributed by atoms with Gasteiger partial charge in [-0.05, 0) is 0 Å². The van der Waals surface area contributed by atoms with Gasteiger partial charge in [-0.2, -0.15) is 0 Å². The first-order valence-electron chi connectivity index (χ1n) is 3.38. The number of nitrogens with two attached hydrogens (primary N) is 1. The van der Waals surface area contributed by atoms with Crippen LogP contribution in [-0.2, 0) is 9.59 Å². The van der Waals surface area contributed by atoms with Crippen LogP contribution in [-0.4, -0.2) is 42.1 Å². The van der Waals surface area contributed by atoms with Gasteiger partial charge in [0.25, 0.3) is 0 Å². The minimum Gasteiger partial charge on any atom is -0.480 e. The van der Waals surface area contributed by atoms with Crippen molar-refractivity contribution in [1.82, 2.24) is 10.4 Å². The van der Waals surface area contributed by atoms with Gasteiger partial charge in [0.2, 0.25) is 5.91 Å². The fourth-order valence-corrected chi connectivity index (χ4v) is 0.582. The Labute approximate surface area is 70.3 Å². The highest BCUT2D eigenvalue weighted by Gasteiger charge is 2.15. The summed E-state index contributed by atoms with van der Waals surface area (Å²) in [5, 5.41) is 9.77. The molecule has 0 aromatic heterocycles. The molecule has 0 saturated carbocycles. The number of carbonyl (C=O) groups is 2. The number of hydrogen-bond donors (Lipinski definition) is 3. The van der Waals surface area contributed by atoms with Crippen LogP contribution in [0.1, 0.15) is 6.42 Å². The molecule has 4 N–H and O–H groups in total. The Morgan fingerprint density at radius 1 is 1.58 bits per heavy atom. The summed E-state index contributed by atoms with van der Waals surface area (Å²) >= 11 is 0. The lowest BCUT2D eigenvalue weighted by Gasteiger charge is -2.12. The Hall–Kier alpha value is -1.14. The van der Waals surface area contributed by atoms with Gasteiger partial charge in [0.05, 0.1) is 6.42 Å². The van der Waals surface area contributed by atoms with Gasteiger partial charge in [0, 0.05) is 14.1 Å². The van der Waals surface area contributed by atoms with Crippen molar-refractivity contribution in [2.75, 3.05) is 14.1 Å². The number of aliphatic carboxylic acids is 1. The van der Waals surface area contributed by atoms with Gasteiger partial charge in [-0.1, -0.05) is 0 Å². The van der Waals surface area contributed by atoms with E-state index in [4.69, 9.17) is 10.8 Å². The third-order valence-electron chi connectivity index (χ3n) is 1.07. The van der Waals surface area contributed by atoms with Crippen LogP contribution >= 0.6 is 0 Å². The fraction of sp³-hybridized carbons (Fsp3) is 0.667. The van der Waals surface area contributed by atoms with Crippen LogP contribution in [0.25, 0.3) is 0 Å². The highest BCUT2D eigenvalue weighted by molar-refractivity contribution is 5.83. The number of hydrazine groups is 1. The van der Waals surface area contributed by atoms with Crippen molar-refractivity contribution < 1.29 is 14.7 Å². The molecule has 70 valence electrons. The van der Waals surface area contributed by atoms with E-state index < -0.39 is 17.9 Å². The molecule has 6 nitrogen and oxygen atoms in total. The highest BCUT2D eigenvalue weighted by Crippen LogP contribution is 1.87. The molecule has 0 spiro atoms. The maximum Gasteiger partial charge on any atom is 0.321 e. The molecule has 6 heteroatoms. The number of nitrogens with one attached hydrogen (secondary N) is 1. The maximum absolute atomic E-state index is 10.9. The predicted molar refractivity (Wildman–Crippen MR) is 42.1 cm³/mol. The zero-order chi connectivity index (χ0) is 9.72. The third-order valence-corrected chi connectivity index (χ3v) is 1.07. The van der Waals surface area contributed by atoms with Crippen LogP contribution in [0.15, 0.2) is 0 Å². The summed E-state index contributed by atoms with van der Waals surface area (Å²) in [7, 11) is 3.26. The molecule has 0 unspecified atom stereocenters.